The molecule has 0 unspecified atom stereocenters. The van der Waals surface area contributed by atoms with Crippen molar-refractivity contribution in [3.63, 3.8) is 0 Å². The summed E-state index contributed by atoms with van der Waals surface area (Å²) in [6.07, 6.45) is 9.48. The number of hydrogen-bond donors (Lipinski definition) is 4. The normalized spacial score (nSPS) is 23.4. The van der Waals surface area contributed by atoms with E-state index in [1.165, 1.54) is 25.5 Å². The second kappa shape index (κ2) is 15.2. The lowest BCUT2D eigenvalue weighted by Gasteiger charge is -2.36. The molecular weight excluding hydrogens is 666 g/mol. The number of Topliss-reactive ketones (excluding diaryl/α,β-unsaturated/α-hetero) is 1. The predicted molar refractivity (Wildman–Crippen MR) is 186 cm³/mol. The summed E-state index contributed by atoms with van der Waals surface area (Å²) in [5.74, 6) is -1.97. The van der Waals surface area contributed by atoms with Crippen LogP contribution in [0, 0.1) is 17.3 Å². The smallest absolute Gasteiger partial charge is 0.287 e. The molecular formula is C36H50ClN5O8. The summed E-state index contributed by atoms with van der Waals surface area (Å²) in [6, 6.07) is 0.123. The number of hydroxylamine groups is 1. The molecule has 0 radical (unpaired) electrons. The van der Waals surface area contributed by atoms with Crippen LogP contribution >= 0.6 is 11.6 Å². The van der Waals surface area contributed by atoms with Gasteiger partial charge in [-0.15, -0.1) is 0 Å². The van der Waals surface area contributed by atoms with Gasteiger partial charge in [0.2, 0.25) is 23.5 Å². The van der Waals surface area contributed by atoms with Crippen molar-refractivity contribution < 1.29 is 38.3 Å². The first-order valence-corrected chi connectivity index (χ1v) is 17.8. The highest BCUT2D eigenvalue weighted by Crippen LogP contribution is 2.43. The first-order valence-electron chi connectivity index (χ1n) is 17.5. The van der Waals surface area contributed by atoms with Crippen molar-refractivity contribution >= 4 is 46.7 Å². The maximum Gasteiger partial charge on any atom is 0.287 e. The topological polar surface area (TPSA) is 178 Å². The number of nitrogens with one attached hydrogen (secondary N) is 3. The first-order chi connectivity index (χ1) is 23.6. The molecule has 4 aliphatic rings. The summed E-state index contributed by atoms with van der Waals surface area (Å²) >= 11 is 6.46. The zero-order valence-corrected chi connectivity index (χ0v) is 30.3. The SMILES string of the molecule is COc1cc(OC)c(C2=C[C@]3(C[C@@H](C(=O)N[C@@H](CC4CC4)C(=O)C(N)=O)N(C(=O)[C@@H](NC(=O)CC4CCCCC4)C(C)(C)C)C3)ON2)cc1Cl. The van der Waals surface area contributed by atoms with Crippen LogP contribution in [0.25, 0.3) is 5.70 Å². The highest BCUT2D eigenvalue weighted by molar-refractivity contribution is 6.37. The number of benzene rings is 1. The predicted octanol–water partition coefficient (Wildman–Crippen LogP) is 3.41. The minimum atomic E-state index is -1.18. The van der Waals surface area contributed by atoms with Crippen LogP contribution in [0.3, 0.4) is 0 Å². The Labute approximate surface area is 298 Å². The van der Waals surface area contributed by atoms with E-state index in [0.29, 0.717) is 34.2 Å². The van der Waals surface area contributed by atoms with E-state index in [0.717, 1.165) is 38.5 Å². The molecule has 5 rings (SSSR count). The maximum atomic E-state index is 14.6. The minimum Gasteiger partial charge on any atom is -0.496 e. The zero-order valence-electron chi connectivity index (χ0n) is 29.6. The number of halogens is 1. The number of hydrogen-bond acceptors (Lipinski definition) is 9. The molecule has 0 bridgehead atoms. The van der Waals surface area contributed by atoms with Gasteiger partial charge < -0.3 is 30.7 Å². The number of ketones is 1. The van der Waals surface area contributed by atoms with Crippen molar-refractivity contribution in [2.45, 2.75) is 109 Å². The Morgan fingerprint density at radius 2 is 1.70 bits per heavy atom. The minimum absolute atomic E-state index is 0.0149. The molecule has 13 nitrogen and oxygen atoms in total. The number of carbonyl (C=O) groups excluding carboxylic acids is 5. The molecule has 3 fully saturated rings. The Bertz CT molecular complexity index is 1530. The zero-order chi connectivity index (χ0) is 36.4. The average molecular weight is 716 g/mol. The Morgan fingerprint density at radius 1 is 1.02 bits per heavy atom. The van der Waals surface area contributed by atoms with E-state index in [9.17, 15) is 24.0 Å². The molecule has 1 aromatic carbocycles. The molecule has 1 aromatic rings. The number of amides is 4. The van der Waals surface area contributed by atoms with Gasteiger partial charge in [0, 0.05) is 24.5 Å². The van der Waals surface area contributed by atoms with Crippen molar-refractivity contribution in [3.05, 3.63) is 28.8 Å². The van der Waals surface area contributed by atoms with Crippen LogP contribution in [0.1, 0.15) is 90.5 Å². The number of methoxy groups -OCH3 is 2. The molecule has 50 heavy (non-hydrogen) atoms. The maximum absolute atomic E-state index is 14.6. The number of ether oxygens (including phenoxy) is 2. The number of likely N-dealkylation sites (tertiary alicyclic amines) is 1. The summed E-state index contributed by atoms with van der Waals surface area (Å²) in [4.78, 5) is 74.3. The molecule has 2 aliphatic carbocycles. The third-order valence-corrected chi connectivity index (χ3v) is 10.5. The number of carbonyl (C=O) groups is 5. The molecule has 1 spiro atoms. The van der Waals surface area contributed by atoms with Crippen LogP contribution in [0.15, 0.2) is 18.2 Å². The van der Waals surface area contributed by atoms with Gasteiger partial charge >= 0.3 is 0 Å². The van der Waals surface area contributed by atoms with E-state index in [1.807, 2.05) is 20.8 Å². The first kappa shape index (κ1) is 37.4. The molecule has 2 saturated carbocycles. The van der Waals surface area contributed by atoms with Gasteiger partial charge in [-0.1, -0.05) is 64.5 Å². The summed E-state index contributed by atoms with van der Waals surface area (Å²) in [5, 5.41) is 6.08. The largest absolute Gasteiger partial charge is 0.496 e. The second-order valence-electron chi connectivity index (χ2n) is 15.2. The average Bonchev–Trinajstić information content (AvgIpc) is 3.68. The Hall–Kier alpha value is -3.84. The van der Waals surface area contributed by atoms with E-state index in [2.05, 4.69) is 16.1 Å². The van der Waals surface area contributed by atoms with Gasteiger partial charge in [-0.25, -0.2) is 0 Å². The molecule has 4 atom stereocenters. The Kier molecular flexibility index (Phi) is 11.4. The van der Waals surface area contributed by atoms with Crippen molar-refractivity contribution in [2.75, 3.05) is 20.8 Å². The van der Waals surface area contributed by atoms with Crippen molar-refractivity contribution in [2.24, 2.45) is 23.0 Å². The molecule has 2 aliphatic heterocycles. The Balaban J connectivity index is 1.46. The summed E-state index contributed by atoms with van der Waals surface area (Å²) in [5.41, 5.74) is 7.46. The molecule has 0 aromatic heterocycles. The standard InChI is InChI=1S/C36H50ClN5O8/c1-35(2,3)31(40-29(43)14-20-9-7-6-8-10-20)34(47)42-19-36(17-25(41-50-36)22-15-23(37)28(49-5)16-27(22)48-4)18-26(42)33(46)39-24(13-21-11-12-21)30(44)32(38)45/h15-17,20-21,24,26,31,41H,6-14,18-19H2,1-5H3,(H2,38,45)(H,39,46)(H,40,43)/t24-,26-,31+,36+/m0/s1. The molecule has 1 saturated heterocycles. The summed E-state index contributed by atoms with van der Waals surface area (Å²) < 4.78 is 10.9. The van der Waals surface area contributed by atoms with Crippen molar-refractivity contribution in [1.82, 2.24) is 21.0 Å². The molecule has 2 heterocycles. The highest BCUT2D eigenvalue weighted by Gasteiger charge is 2.54. The van der Waals surface area contributed by atoms with Crippen LogP contribution in [0.4, 0.5) is 0 Å². The van der Waals surface area contributed by atoms with E-state index >= 15 is 0 Å². The number of primary amides is 1. The number of nitrogens with zero attached hydrogens (tertiary/aromatic N) is 1. The van der Waals surface area contributed by atoms with Gasteiger partial charge in [0.25, 0.3) is 5.91 Å². The lowest BCUT2D eigenvalue weighted by molar-refractivity contribution is -0.145. The van der Waals surface area contributed by atoms with E-state index in [-0.39, 0.29) is 37.1 Å². The number of nitrogens with two attached hydrogens (primary N) is 1. The third-order valence-electron chi connectivity index (χ3n) is 10.2. The summed E-state index contributed by atoms with van der Waals surface area (Å²) in [7, 11) is 3.01. The highest BCUT2D eigenvalue weighted by atomic mass is 35.5. The van der Waals surface area contributed by atoms with Gasteiger partial charge in [-0.05, 0) is 48.7 Å². The monoisotopic (exact) mass is 715 g/mol. The van der Waals surface area contributed by atoms with Crippen LogP contribution in [-0.4, -0.2) is 78.8 Å². The van der Waals surface area contributed by atoms with Crippen LogP contribution in [0.5, 0.6) is 11.5 Å². The fourth-order valence-corrected chi connectivity index (χ4v) is 7.51. The van der Waals surface area contributed by atoms with E-state index < -0.39 is 52.6 Å². The van der Waals surface area contributed by atoms with Gasteiger partial charge in [-0.3, -0.25) is 34.3 Å². The fourth-order valence-electron chi connectivity index (χ4n) is 7.27. The van der Waals surface area contributed by atoms with Crippen molar-refractivity contribution in [3.8, 4) is 11.5 Å². The fraction of sp³-hybridized carbons (Fsp3) is 0.639. The van der Waals surface area contributed by atoms with Crippen molar-refractivity contribution in [1.29, 1.82) is 0 Å². The van der Waals surface area contributed by atoms with Gasteiger partial charge in [0.15, 0.2) is 0 Å². The third kappa shape index (κ3) is 8.54. The molecule has 5 N–H and O–H groups in total. The quantitative estimate of drug-likeness (QED) is 0.223. The molecule has 4 amide bonds. The van der Waals surface area contributed by atoms with E-state index in [4.69, 9.17) is 31.6 Å². The lowest BCUT2D eigenvalue weighted by atomic mass is 9.84. The van der Waals surface area contributed by atoms with Crippen LogP contribution in [0.2, 0.25) is 5.02 Å². The second-order valence-corrected chi connectivity index (χ2v) is 15.7. The van der Waals surface area contributed by atoms with E-state index in [1.54, 1.807) is 18.2 Å². The van der Waals surface area contributed by atoms with Crippen LogP contribution in [-0.2, 0) is 28.8 Å². The van der Waals surface area contributed by atoms with Gasteiger partial charge in [0.05, 0.1) is 37.5 Å². The van der Waals surface area contributed by atoms with Gasteiger partial charge in [-0.2, -0.15) is 0 Å². The molecule has 274 valence electrons. The summed E-state index contributed by atoms with van der Waals surface area (Å²) in [6.45, 7) is 5.54. The van der Waals surface area contributed by atoms with Crippen LogP contribution < -0.4 is 31.3 Å². The van der Waals surface area contributed by atoms with Gasteiger partial charge in [0.1, 0.15) is 29.2 Å². The lowest BCUT2D eigenvalue weighted by Crippen LogP contribution is -2.59. The molecule has 14 heteroatoms. The number of rotatable bonds is 13. The Morgan fingerprint density at radius 3 is 2.30 bits per heavy atom.